The zero-order valence-electron chi connectivity index (χ0n) is 6.42. The van der Waals surface area contributed by atoms with E-state index >= 15 is 0 Å². The number of rotatable bonds is 5. The zero-order chi connectivity index (χ0) is 8.04. The highest BCUT2D eigenvalue weighted by atomic mass is 28.4. The summed E-state index contributed by atoms with van der Waals surface area (Å²) < 4.78 is 9.39. The molecule has 0 aliphatic carbocycles. The molecule has 0 heterocycles. The molecule has 10 heavy (non-hydrogen) atoms. The van der Waals surface area contributed by atoms with Crippen LogP contribution in [0, 0.1) is 0 Å². The maximum atomic E-state index is 11.2. The smallest absolute Gasteiger partial charge is 0.376 e. The Kier molecular flexibility index (Phi) is 4.84. The van der Waals surface area contributed by atoms with Crippen LogP contribution in [0.1, 0.15) is 6.42 Å². The summed E-state index contributed by atoms with van der Waals surface area (Å²) in [6.07, 6.45) is 0.678. The summed E-state index contributed by atoms with van der Waals surface area (Å²) in [6, 6.07) is 0.427. The third-order valence-electron chi connectivity index (χ3n) is 1.31. The van der Waals surface area contributed by atoms with Gasteiger partial charge in [-0.05, 0) is 13.0 Å². The molecule has 0 rings (SSSR count). The van der Waals surface area contributed by atoms with Gasteiger partial charge in [0.1, 0.15) is 0 Å². The molecule has 0 aromatic rings. The van der Waals surface area contributed by atoms with Crippen LogP contribution < -0.4 is 5.73 Å². The number of hydrogen-bond donors (Lipinski definition) is 1. The highest BCUT2D eigenvalue weighted by Crippen LogP contribution is 2.09. The standard InChI is InChI=1S/C5H14NO3Si/c1-8-10(7,9-2)5-3-4-6/h3-6H2,1-2H3. The highest BCUT2D eigenvalue weighted by Gasteiger charge is 2.35. The lowest BCUT2D eigenvalue weighted by Gasteiger charge is -2.16. The van der Waals surface area contributed by atoms with Crippen LogP contribution in [0.4, 0.5) is 0 Å². The molecule has 0 fully saturated rings. The summed E-state index contributed by atoms with van der Waals surface area (Å²) in [5.41, 5.74) is 5.22. The van der Waals surface area contributed by atoms with Crippen molar-refractivity contribution < 1.29 is 13.6 Å². The van der Waals surface area contributed by atoms with Gasteiger partial charge in [0.25, 0.3) is 0 Å². The van der Waals surface area contributed by atoms with E-state index in [0.717, 1.165) is 0 Å². The van der Waals surface area contributed by atoms with Crippen LogP contribution in [0.5, 0.6) is 0 Å². The van der Waals surface area contributed by atoms with Crippen LogP contribution in [0.2, 0.25) is 6.04 Å². The van der Waals surface area contributed by atoms with Crippen LogP contribution in [0.15, 0.2) is 0 Å². The maximum Gasteiger partial charge on any atom is 0.528 e. The van der Waals surface area contributed by atoms with E-state index in [2.05, 4.69) is 0 Å². The second-order valence-corrected chi connectivity index (χ2v) is 4.67. The molecule has 0 bridgehead atoms. The largest absolute Gasteiger partial charge is 0.528 e. The van der Waals surface area contributed by atoms with E-state index in [9.17, 15) is 4.80 Å². The van der Waals surface area contributed by atoms with Crippen molar-refractivity contribution >= 4 is 8.80 Å². The van der Waals surface area contributed by atoms with Gasteiger partial charge in [-0.1, -0.05) is 0 Å². The van der Waals surface area contributed by atoms with Crippen molar-refractivity contribution in [2.75, 3.05) is 20.8 Å². The topological polar surface area (TPSA) is 64.4 Å². The summed E-state index contributed by atoms with van der Waals surface area (Å²) in [5.74, 6) is 0. The highest BCUT2D eigenvalue weighted by molar-refractivity contribution is 6.58. The van der Waals surface area contributed by atoms with Crippen LogP contribution in [-0.2, 0) is 13.6 Å². The SMILES string of the molecule is CO[Si]([O])(CCCN)OC. The minimum absolute atomic E-state index is 0.427. The molecule has 4 nitrogen and oxygen atoms in total. The Morgan fingerprint density at radius 2 is 1.90 bits per heavy atom. The summed E-state index contributed by atoms with van der Waals surface area (Å²) in [6.45, 7) is 0.518. The normalized spacial score (nSPS) is 12.0. The first-order chi connectivity index (χ1) is 4.68. The molecular weight excluding hydrogens is 150 g/mol. The van der Waals surface area contributed by atoms with E-state index in [1.165, 1.54) is 14.2 Å². The molecule has 0 aromatic heterocycles. The van der Waals surface area contributed by atoms with Gasteiger partial charge in [0, 0.05) is 20.3 Å². The minimum Gasteiger partial charge on any atom is -0.376 e. The molecule has 0 saturated heterocycles. The van der Waals surface area contributed by atoms with Crippen LogP contribution >= 0.6 is 0 Å². The molecular formula is C5H14NO3Si. The second kappa shape index (κ2) is 4.81. The number of nitrogens with two attached hydrogens (primary N) is 1. The molecule has 1 radical (unpaired) electrons. The van der Waals surface area contributed by atoms with Crippen LogP contribution in [0.3, 0.4) is 0 Å². The molecule has 0 spiro atoms. The van der Waals surface area contributed by atoms with Crippen molar-refractivity contribution in [1.82, 2.24) is 0 Å². The Morgan fingerprint density at radius 3 is 2.20 bits per heavy atom. The number of hydrogen-bond acceptors (Lipinski definition) is 3. The van der Waals surface area contributed by atoms with Gasteiger partial charge in [-0.3, -0.25) is 0 Å². The third-order valence-corrected chi connectivity index (χ3v) is 3.52. The van der Waals surface area contributed by atoms with Crippen molar-refractivity contribution in [3.8, 4) is 0 Å². The second-order valence-electron chi connectivity index (χ2n) is 1.98. The third kappa shape index (κ3) is 3.28. The first-order valence-corrected chi connectivity index (χ1v) is 5.12. The predicted molar refractivity (Wildman–Crippen MR) is 38.9 cm³/mol. The van der Waals surface area contributed by atoms with Gasteiger partial charge >= 0.3 is 8.80 Å². The molecule has 61 valence electrons. The lowest BCUT2D eigenvalue weighted by molar-refractivity contribution is 0.118. The molecule has 5 heteroatoms. The molecule has 0 aliphatic heterocycles. The van der Waals surface area contributed by atoms with E-state index < -0.39 is 8.80 Å². The Labute approximate surface area is 62.3 Å². The Hall–Kier alpha value is 0.0569. The van der Waals surface area contributed by atoms with Crippen molar-refractivity contribution in [3.05, 3.63) is 0 Å². The van der Waals surface area contributed by atoms with Crippen molar-refractivity contribution in [2.45, 2.75) is 12.5 Å². The van der Waals surface area contributed by atoms with Crippen LogP contribution in [0.25, 0.3) is 0 Å². The quantitative estimate of drug-likeness (QED) is 0.582. The fourth-order valence-electron chi connectivity index (χ4n) is 0.606. The summed E-state index contributed by atoms with van der Waals surface area (Å²) >= 11 is 0. The molecule has 0 saturated carbocycles. The molecule has 0 aliphatic rings. The average Bonchev–Trinajstić information content (AvgIpc) is 2.00. The molecule has 2 N–H and O–H groups in total. The zero-order valence-corrected chi connectivity index (χ0v) is 7.42. The fraction of sp³-hybridized carbons (Fsp3) is 1.00. The van der Waals surface area contributed by atoms with E-state index in [-0.39, 0.29) is 0 Å². The fourth-order valence-corrected chi connectivity index (χ4v) is 1.82. The lowest BCUT2D eigenvalue weighted by Crippen LogP contribution is -2.38. The van der Waals surface area contributed by atoms with Gasteiger partial charge in [0.2, 0.25) is 0 Å². The lowest BCUT2D eigenvalue weighted by atomic mass is 10.5. The first kappa shape index (κ1) is 10.1. The summed E-state index contributed by atoms with van der Waals surface area (Å²) in [7, 11) is -0.272. The van der Waals surface area contributed by atoms with Crippen molar-refractivity contribution in [1.29, 1.82) is 0 Å². The van der Waals surface area contributed by atoms with E-state index in [1.807, 2.05) is 0 Å². The Morgan fingerprint density at radius 1 is 1.40 bits per heavy atom. The van der Waals surface area contributed by atoms with E-state index in [4.69, 9.17) is 14.6 Å². The van der Waals surface area contributed by atoms with Crippen LogP contribution in [-0.4, -0.2) is 29.6 Å². The van der Waals surface area contributed by atoms with Gasteiger partial charge in [-0.15, -0.1) is 0 Å². The van der Waals surface area contributed by atoms with Gasteiger partial charge in [-0.25, -0.2) is 4.80 Å². The van der Waals surface area contributed by atoms with E-state index in [1.54, 1.807) is 0 Å². The maximum absolute atomic E-state index is 11.2. The molecule has 0 aromatic carbocycles. The van der Waals surface area contributed by atoms with Crippen molar-refractivity contribution in [3.63, 3.8) is 0 Å². The van der Waals surface area contributed by atoms with Gasteiger partial charge < -0.3 is 14.6 Å². The minimum atomic E-state index is -3.05. The average molecular weight is 164 g/mol. The summed E-state index contributed by atoms with van der Waals surface area (Å²) in [5, 5.41) is 0. The first-order valence-electron chi connectivity index (χ1n) is 3.19. The molecule has 0 atom stereocenters. The van der Waals surface area contributed by atoms with Crippen molar-refractivity contribution in [2.24, 2.45) is 5.73 Å². The van der Waals surface area contributed by atoms with E-state index in [0.29, 0.717) is 19.0 Å². The predicted octanol–water partition coefficient (Wildman–Crippen LogP) is -0.00260. The van der Waals surface area contributed by atoms with Gasteiger partial charge in [-0.2, -0.15) is 0 Å². The molecule has 0 unspecified atom stereocenters. The Balaban J connectivity index is 3.58. The Bertz CT molecular complexity index is 87.0. The molecule has 0 amide bonds. The summed E-state index contributed by atoms with van der Waals surface area (Å²) in [4.78, 5) is 11.2. The van der Waals surface area contributed by atoms with Gasteiger partial charge in [0.15, 0.2) is 0 Å². The van der Waals surface area contributed by atoms with Gasteiger partial charge in [0.05, 0.1) is 0 Å². The monoisotopic (exact) mass is 164 g/mol.